The minimum atomic E-state index is -3.61. The van der Waals surface area contributed by atoms with Gasteiger partial charge in [-0.15, -0.1) is 0 Å². The number of morpholine rings is 1. The van der Waals surface area contributed by atoms with Gasteiger partial charge in [0.15, 0.2) is 0 Å². The molecule has 1 amide bonds. The van der Waals surface area contributed by atoms with Gasteiger partial charge >= 0.3 is 0 Å². The highest BCUT2D eigenvalue weighted by Gasteiger charge is 2.28. The van der Waals surface area contributed by atoms with Crippen molar-refractivity contribution in [3.8, 4) is 0 Å². The molecule has 22 heavy (non-hydrogen) atoms. The third kappa shape index (κ3) is 3.27. The molecule has 1 aromatic carbocycles. The molecular formula is C14H19ClN2O4S. The van der Waals surface area contributed by atoms with E-state index in [0.717, 1.165) is 4.31 Å². The monoisotopic (exact) mass is 346 g/mol. The van der Waals surface area contributed by atoms with Crippen LogP contribution in [0.2, 0.25) is 5.02 Å². The van der Waals surface area contributed by atoms with Crippen molar-refractivity contribution in [1.29, 1.82) is 0 Å². The van der Waals surface area contributed by atoms with Crippen LogP contribution in [0.25, 0.3) is 0 Å². The molecule has 0 aromatic heterocycles. The molecule has 1 aliphatic rings. The molecule has 8 heteroatoms. The lowest BCUT2D eigenvalue weighted by Crippen LogP contribution is -2.47. The number of halogens is 1. The summed E-state index contributed by atoms with van der Waals surface area (Å²) in [5, 5.41) is 0.237. The predicted octanol–water partition coefficient (Wildman–Crippen LogP) is 1.45. The van der Waals surface area contributed by atoms with Crippen LogP contribution in [0.5, 0.6) is 0 Å². The number of carbonyl (C=O) groups is 1. The van der Waals surface area contributed by atoms with Crippen LogP contribution in [-0.4, -0.2) is 63.4 Å². The second kappa shape index (κ2) is 6.54. The molecule has 0 radical (unpaired) electrons. The number of ether oxygens (including phenoxy) is 1. The first-order valence-electron chi connectivity index (χ1n) is 6.86. The van der Waals surface area contributed by atoms with Gasteiger partial charge in [-0.05, 0) is 25.1 Å². The van der Waals surface area contributed by atoms with Gasteiger partial charge in [0, 0.05) is 20.6 Å². The zero-order chi connectivity index (χ0) is 16.5. The Morgan fingerprint density at radius 3 is 2.68 bits per heavy atom. The molecule has 1 aliphatic heterocycles. The lowest BCUT2D eigenvalue weighted by molar-refractivity contribution is 0.00359. The lowest BCUT2D eigenvalue weighted by atomic mass is 10.1. The smallest absolute Gasteiger partial charge is 0.255 e. The molecule has 1 heterocycles. The van der Waals surface area contributed by atoms with Crippen LogP contribution in [0.15, 0.2) is 23.1 Å². The minimum Gasteiger partial charge on any atom is -0.377 e. The van der Waals surface area contributed by atoms with Crippen molar-refractivity contribution >= 4 is 27.5 Å². The molecule has 1 aromatic rings. The minimum absolute atomic E-state index is 0.0474. The SMILES string of the molecule is CC1COCCN1C(=O)c1cc(S(=O)(=O)N(C)C)ccc1Cl. The standard InChI is InChI=1S/C14H19ClN2O4S/c1-10-9-21-7-6-17(10)14(18)12-8-11(4-5-13(12)15)22(19,20)16(2)3/h4-5,8,10H,6-7,9H2,1-3H3. The number of hydrogen-bond donors (Lipinski definition) is 0. The Morgan fingerprint density at radius 2 is 2.09 bits per heavy atom. The zero-order valence-electron chi connectivity index (χ0n) is 12.7. The van der Waals surface area contributed by atoms with Gasteiger partial charge in [-0.2, -0.15) is 0 Å². The van der Waals surface area contributed by atoms with Gasteiger partial charge in [0.05, 0.1) is 34.7 Å². The van der Waals surface area contributed by atoms with E-state index in [1.54, 1.807) is 4.90 Å². The number of hydrogen-bond acceptors (Lipinski definition) is 4. The van der Waals surface area contributed by atoms with Gasteiger partial charge in [-0.3, -0.25) is 4.79 Å². The third-order valence-electron chi connectivity index (χ3n) is 3.58. The van der Waals surface area contributed by atoms with E-state index in [1.807, 2.05) is 6.92 Å². The molecule has 0 saturated carbocycles. The first-order chi connectivity index (χ1) is 10.2. The highest BCUT2D eigenvalue weighted by atomic mass is 35.5. The number of amides is 1. The van der Waals surface area contributed by atoms with Crippen LogP contribution in [0.3, 0.4) is 0 Å². The van der Waals surface area contributed by atoms with E-state index < -0.39 is 10.0 Å². The first kappa shape index (κ1) is 17.2. The van der Waals surface area contributed by atoms with Crippen LogP contribution >= 0.6 is 11.6 Å². The summed E-state index contributed by atoms with van der Waals surface area (Å²) < 4.78 is 30.8. The second-order valence-electron chi connectivity index (χ2n) is 5.35. The van der Waals surface area contributed by atoms with Gasteiger partial charge < -0.3 is 9.64 Å². The van der Waals surface area contributed by atoms with Crippen LogP contribution in [-0.2, 0) is 14.8 Å². The van der Waals surface area contributed by atoms with Crippen LogP contribution in [0.1, 0.15) is 17.3 Å². The summed E-state index contributed by atoms with van der Waals surface area (Å²) in [6.45, 7) is 3.26. The van der Waals surface area contributed by atoms with E-state index in [2.05, 4.69) is 0 Å². The maximum Gasteiger partial charge on any atom is 0.255 e. The fraction of sp³-hybridized carbons (Fsp3) is 0.500. The van der Waals surface area contributed by atoms with Gasteiger partial charge in [0.2, 0.25) is 10.0 Å². The van der Waals surface area contributed by atoms with Crippen LogP contribution in [0.4, 0.5) is 0 Å². The number of benzene rings is 1. The normalized spacial score (nSPS) is 19.5. The molecule has 6 nitrogen and oxygen atoms in total. The highest BCUT2D eigenvalue weighted by Crippen LogP contribution is 2.24. The molecule has 2 rings (SSSR count). The van der Waals surface area contributed by atoms with Crippen molar-refractivity contribution in [3.05, 3.63) is 28.8 Å². The molecule has 0 bridgehead atoms. The summed E-state index contributed by atoms with van der Waals surface area (Å²) in [5.41, 5.74) is 0.193. The summed E-state index contributed by atoms with van der Waals surface area (Å²) in [6, 6.07) is 4.10. The molecular weight excluding hydrogens is 328 g/mol. The Bertz CT molecular complexity index is 675. The summed E-state index contributed by atoms with van der Waals surface area (Å²) in [4.78, 5) is 14.4. The molecule has 0 spiro atoms. The Morgan fingerprint density at radius 1 is 1.41 bits per heavy atom. The molecule has 1 atom stereocenters. The second-order valence-corrected chi connectivity index (χ2v) is 7.91. The summed E-state index contributed by atoms with van der Waals surface area (Å²) in [5.74, 6) is -0.281. The largest absolute Gasteiger partial charge is 0.377 e. The Balaban J connectivity index is 2.41. The maximum absolute atomic E-state index is 12.7. The van der Waals surface area contributed by atoms with Gasteiger partial charge in [-0.25, -0.2) is 12.7 Å². The van der Waals surface area contributed by atoms with Crippen molar-refractivity contribution in [2.24, 2.45) is 0 Å². The van der Waals surface area contributed by atoms with Gasteiger partial charge in [0.1, 0.15) is 0 Å². The molecule has 0 N–H and O–H groups in total. The quantitative estimate of drug-likeness (QED) is 0.830. The fourth-order valence-electron chi connectivity index (χ4n) is 2.22. The first-order valence-corrected chi connectivity index (χ1v) is 8.67. The number of nitrogens with zero attached hydrogens (tertiary/aromatic N) is 2. The average molecular weight is 347 g/mol. The Kier molecular flexibility index (Phi) is 5.11. The Labute approximate surface area is 135 Å². The summed E-state index contributed by atoms with van der Waals surface area (Å²) in [7, 11) is -0.735. The number of sulfonamides is 1. The molecule has 1 fully saturated rings. The lowest BCUT2D eigenvalue weighted by Gasteiger charge is -2.33. The van der Waals surface area contributed by atoms with Crippen LogP contribution < -0.4 is 0 Å². The van der Waals surface area contributed by atoms with E-state index in [0.29, 0.717) is 19.8 Å². The Hall–Kier alpha value is -1.15. The van der Waals surface area contributed by atoms with E-state index in [9.17, 15) is 13.2 Å². The topological polar surface area (TPSA) is 66.9 Å². The number of carbonyl (C=O) groups excluding carboxylic acids is 1. The van der Waals surface area contributed by atoms with Crippen molar-refractivity contribution in [3.63, 3.8) is 0 Å². The number of rotatable bonds is 3. The summed E-state index contributed by atoms with van der Waals surface area (Å²) >= 11 is 6.10. The summed E-state index contributed by atoms with van der Waals surface area (Å²) in [6.07, 6.45) is 0. The average Bonchev–Trinajstić information content (AvgIpc) is 2.47. The van der Waals surface area contributed by atoms with Crippen LogP contribution in [0, 0.1) is 0 Å². The van der Waals surface area contributed by atoms with Crippen molar-refractivity contribution in [2.75, 3.05) is 33.9 Å². The predicted molar refractivity (Wildman–Crippen MR) is 83.6 cm³/mol. The molecule has 122 valence electrons. The van der Waals surface area contributed by atoms with Crippen molar-refractivity contribution in [2.45, 2.75) is 17.9 Å². The van der Waals surface area contributed by atoms with E-state index in [4.69, 9.17) is 16.3 Å². The van der Waals surface area contributed by atoms with Crippen molar-refractivity contribution < 1.29 is 17.9 Å². The molecule has 1 saturated heterocycles. The van der Waals surface area contributed by atoms with Gasteiger partial charge in [-0.1, -0.05) is 11.6 Å². The molecule has 1 unspecified atom stereocenters. The fourth-order valence-corrected chi connectivity index (χ4v) is 3.35. The zero-order valence-corrected chi connectivity index (χ0v) is 14.3. The molecule has 0 aliphatic carbocycles. The van der Waals surface area contributed by atoms with E-state index in [-0.39, 0.29) is 27.4 Å². The maximum atomic E-state index is 12.7. The van der Waals surface area contributed by atoms with Crippen molar-refractivity contribution in [1.82, 2.24) is 9.21 Å². The van der Waals surface area contributed by atoms with Gasteiger partial charge in [0.25, 0.3) is 5.91 Å². The highest BCUT2D eigenvalue weighted by molar-refractivity contribution is 7.89. The van der Waals surface area contributed by atoms with E-state index >= 15 is 0 Å². The van der Waals surface area contributed by atoms with E-state index in [1.165, 1.54) is 32.3 Å². The third-order valence-corrected chi connectivity index (χ3v) is 5.72.